The van der Waals surface area contributed by atoms with Crippen LogP contribution in [0.1, 0.15) is 0 Å². The summed E-state index contributed by atoms with van der Waals surface area (Å²) in [5, 5.41) is 4.97. The summed E-state index contributed by atoms with van der Waals surface area (Å²) in [4.78, 5) is 4.59. The molecule has 1 heterocycles. The number of benzene rings is 6. The topological polar surface area (TPSA) is 20.6 Å². The number of rotatable bonds is 6. The first-order valence-electron chi connectivity index (χ1n) is 13.2. The molecule has 0 atom stereocenters. The van der Waals surface area contributed by atoms with Crippen molar-refractivity contribution in [3.05, 3.63) is 158 Å². The molecule has 0 aliphatic carbocycles. The van der Waals surface area contributed by atoms with E-state index in [0.29, 0.717) is 0 Å². The van der Waals surface area contributed by atoms with E-state index in [1.165, 1.54) is 0 Å². The Morgan fingerprint density at radius 2 is 0.615 bits per heavy atom. The van der Waals surface area contributed by atoms with Crippen LogP contribution in [-0.4, -0.2) is 0 Å². The molecule has 0 saturated carbocycles. The summed E-state index contributed by atoms with van der Waals surface area (Å²) in [6.45, 7) is 0. The highest BCUT2D eigenvalue weighted by molar-refractivity contribution is 5.96. The highest BCUT2D eigenvalue weighted by atomic mass is 15.1. The molecule has 0 aromatic heterocycles. The van der Waals surface area contributed by atoms with Gasteiger partial charge in [-0.15, -0.1) is 0 Å². The van der Waals surface area contributed by atoms with Crippen molar-refractivity contribution in [3.8, 4) is 11.1 Å². The van der Waals surface area contributed by atoms with Crippen LogP contribution in [0, 0.1) is 0 Å². The van der Waals surface area contributed by atoms with Crippen LogP contribution in [0.4, 0.5) is 45.5 Å². The van der Waals surface area contributed by atoms with Gasteiger partial charge < -0.3 is 9.80 Å². The van der Waals surface area contributed by atoms with Crippen molar-refractivity contribution in [2.75, 3.05) is 9.80 Å². The molecule has 1 aliphatic heterocycles. The molecule has 1 radical (unpaired) electrons. The highest BCUT2D eigenvalue weighted by Crippen LogP contribution is 2.48. The van der Waals surface area contributed by atoms with Crippen LogP contribution in [0.3, 0.4) is 0 Å². The second-order valence-electron chi connectivity index (χ2n) is 9.53. The third kappa shape index (κ3) is 4.30. The SMILES string of the molecule is c1ccc(N(c2ccccc2)c2ccc3c(c2)-c2cc(N(c4ccccc4)c4ccccc4)ccc2[N]3)cc1. The van der Waals surface area contributed by atoms with E-state index in [2.05, 4.69) is 168 Å². The number of hydrogen-bond acceptors (Lipinski definition) is 2. The van der Waals surface area contributed by atoms with Crippen molar-refractivity contribution in [1.29, 1.82) is 0 Å². The smallest absolute Gasteiger partial charge is 0.0717 e. The molecular formula is C36H26N3. The summed E-state index contributed by atoms with van der Waals surface area (Å²) in [5.74, 6) is 0. The Hall–Kier alpha value is -5.28. The second-order valence-corrected chi connectivity index (χ2v) is 9.53. The van der Waals surface area contributed by atoms with Gasteiger partial charge in [0.2, 0.25) is 0 Å². The molecule has 0 N–H and O–H groups in total. The van der Waals surface area contributed by atoms with E-state index in [0.717, 1.165) is 56.6 Å². The molecule has 1 aliphatic rings. The molecule has 6 aromatic rings. The zero-order chi connectivity index (χ0) is 26.0. The molecule has 0 fully saturated rings. The van der Waals surface area contributed by atoms with E-state index in [-0.39, 0.29) is 0 Å². The number of para-hydroxylation sites is 4. The molecular weight excluding hydrogens is 474 g/mol. The van der Waals surface area contributed by atoms with E-state index in [9.17, 15) is 0 Å². The van der Waals surface area contributed by atoms with Gasteiger partial charge in [0, 0.05) is 45.3 Å². The molecule has 0 bridgehead atoms. The third-order valence-electron chi connectivity index (χ3n) is 7.07. The van der Waals surface area contributed by atoms with Gasteiger partial charge in [-0.1, -0.05) is 72.8 Å². The lowest BCUT2D eigenvalue weighted by atomic mass is 10.0. The molecule has 185 valence electrons. The average molecular weight is 501 g/mol. The quantitative estimate of drug-likeness (QED) is 0.226. The lowest BCUT2D eigenvalue weighted by Gasteiger charge is -2.26. The Morgan fingerprint density at radius 1 is 0.308 bits per heavy atom. The fraction of sp³-hybridized carbons (Fsp3) is 0. The molecule has 0 spiro atoms. The van der Waals surface area contributed by atoms with Gasteiger partial charge in [0.1, 0.15) is 0 Å². The van der Waals surface area contributed by atoms with E-state index in [1.807, 2.05) is 0 Å². The molecule has 0 unspecified atom stereocenters. The number of fused-ring (bicyclic) bond motifs is 3. The maximum atomic E-state index is 4.97. The molecule has 7 rings (SSSR count). The fourth-order valence-electron chi connectivity index (χ4n) is 5.29. The molecule has 39 heavy (non-hydrogen) atoms. The largest absolute Gasteiger partial charge is 0.310 e. The zero-order valence-electron chi connectivity index (χ0n) is 21.4. The minimum atomic E-state index is 0.998. The normalized spacial score (nSPS) is 11.3. The van der Waals surface area contributed by atoms with Crippen LogP contribution >= 0.6 is 0 Å². The second kappa shape index (κ2) is 9.88. The van der Waals surface area contributed by atoms with E-state index < -0.39 is 0 Å². The Kier molecular flexibility index (Phi) is 5.80. The van der Waals surface area contributed by atoms with Gasteiger partial charge >= 0.3 is 0 Å². The van der Waals surface area contributed by atoms with Crippen LogP contribution in [0.5, 0.6) is 0 Å². The van der Waals surface area contributed by atoms with Crippen LogP contribution < -0.4 is 15.1 Å². The van der Waals surface area contributed by atoms with E-state index >= 15 is 0 Å². The summed E-state index contributed by atoms with van der Waals surface area (Å²) >= 11 is 0. The first kappa shape index (κ1) is 22.9. The minimum absolute atomic E-state index is 0.998. The van der Waals surface area contributed by atoms with Crippen LogP contribution in [0.15, 0.2) is 158 Å². The van der Waals surface area contributed by atoms with Gasteiger partial charge in [-0.25, -0.2) is 5.32 Å². The predicted molar refractivity (Wildman–Crippen MR) is 163 cm³/mol. The summed E-state index contributed by atoms with van der Waals surface area (Å²) < 4.78 is 0. The van der Waals surface area contributed by atoms with Gasteiger partial charge in [0.25, 0.3) is 0 Å². The van der Waals surface area contributed by atoms with Crippen LogP contribution in [-0.2, 0) is 0 Å². The Labute approximate surface area is 229 Å². The van der Waals surface area contributed by atoms with E-state index in [1.54, 1.807) is 0 Å². The first-order valence-corrected chi connectivity index (χ1v) is 13.2. The van der Waals surface area contributed by atoms with Gasteiger partial charge in [0.05, 0.1) is 11.4 Å². The Balaban J connectivity index is 1.35. The zero-order valence-corrected chi connectivity index (χ0v) is 21.4. The van der Waals surface area contributed by atoms with Crippen molar-refractivity contribution in [3.63, 3.8) is 0 Å². The summed E-state index contributed by atoms with van der Waals surface area (Å²) in [5.41, 5.74) is 10.9. The molecule has 0 amide bonds. The van der Waals surface area contributed by atoms with Crippen molar-refractivity contribution in [2.45, 2.75) is 0 Å². The molecule has 3 heteroatoms. The average Bonchev–Trinajstić information content (AvgIpc) is 3.37. The number of nitrogens with zero attached hydrogens (tertiary/aromatic N) is 3. The van der Waals surface area contributed by atoms with Gasteiger partial charge in [-0.3, -0.25) is 0 Å². The monoisotopic (exact) mass is 500 g/mol. The van der Waals surface area contributed by atoms with Gasteiger partial charge in [-0.2, -0.15) is 0 Å². The Bertz CT molecular complexity index is 1510. The van der Waals surface area contributed by atoms with E-state index in [4.69, 9.17) is 5.32 Å². The molecule has 3 nitrogen and oxygen atoms in total. The lowest BCUT2D eigenvalue weighted by molar-refractivity contribution is 1.22. The summed E-state index contributed by atoms with van der Waals surface area (Å²) in [7, 11) is 0. The van der Waals surface area contributed by atoms with Crippen molar-refractivity contribution in [1.82, 2.24) is 5.32 Å². The standard InChI is InChI=1S/C36H26N3/c1-5-13-27(14-6-1)38(28-15-7-2-8-16-28)31-21-23-35-33(25-31)34-26-32(22-24-36(34)37-35)39(29-17-9-3-10-18-29)30-19-11-4-12-20-30/h1-26H. The maximum Gasteiger partial charge on any atom is 0.0717 e. The van der Waals surface area contributed by atoms with Gasteiger partial charge in [0.15, 0.2) is 0 Å². The van der Waals surface area contributed by atoms with Crippen molar-refractivity contribution in [2.24, 2.45) is 0 Å². The minimum Gasteiger partial charge on any atom is -0.310 e. The fourth-order valence-corrected chi connectivity index (χ4v) is 5.29. The Morgan fingerprint density at radius 3 is 0.923 bits per heavy atom. The first-order chi connectivity index (χ1) is 19.3. The third-order valence-corrected chi connectivity index (χ3v) is 7.07. The van der Waals surface area contributed by atoms with Crippen molar-refractivity contribution >= 4 is 45.5 Å². The van der Waals surface area contributed by atoms with Crippen LogP contribution in [0.2, 0.25) is 0 Å². The van der Waals surface area contributed by atoms with Crippen LogP contribution in [0.25, 0.3) is 11.1 Å². The number of anilines is 6. The summed E-state index contributed by atoms with van der Waals surface area (Å²) in [6, 6.07) is 55.2. The summed E-state index contributed by atoms with van der Waals surface area (Å²) in [6.07, 6.45) is 0. The molecule has 0 saturated heterocycles. The highest BCUT2D eigenvalue weighted by Gasteiger charge is 2.24. The lowest BCUT2D eigenvalue weighted by Crippen LogP contribution is -2.10. The predicted octanol–water partition coefficient (Wildman–Crippen LogP) is 10.2. The maximum absolute atomic E-state index is 4.97. The molecule has 6 aromatic carbocycles. The van der Waals surface area contributed by atoms with Crippen molar-refractivity contribution < 1.29 is 0 Å². The van der Waals surface area contributed by atoms with Gasteiger partial charge in [-0.05, 0) is 84.9 Å². The number of hydrogen-bond donors (Lipinski definition) is 0.